The fourth-order valence-electron chi connectivity index (χ4n) is 2.59. The van der Waals surface area contributed by atoms with Crippen molar-refractivity contribution >= 4 is 23.3 Å². The Bertz CT molecular complexity index is 540. The van der Waals surface area contributed by atoms with Crippen molar-refractivity contribution < 1.29 is 14.3 Å². The number of benzene rings is 1. The van der Waals surface area contributed by atoms with Gasteiger partial charge in [-0.05, 0) is 45.9 Å². The van der Waals surface area contributed by atoms with Crippen molar-refractivity contribution in [3.05, 3.63) is 28.8 Å². The van der Waals surface area contributed by atoms with Crippen molar-refractivity contribution in [2.75, 3.05) is 5.73 Å². The number of halogens is 1. The molecule has 1 fully saturated rings. The lowest BCUT2D eigenvalue weighted by molar-refractivity contribution is -0.0924. The molecular formula is C15H20ClNO3. The van der Waals surface area contributed by atoms with E-state index < -0.39 is 11.6 Å². The number of nitrogens with two attached hydrogens (primary N) is 1. The minimum atomic E-state index is -0.522. The molecule has 1 aliphatic rings. The summed E-state index contributed by atoms with van der Waals surface area (Å²) >= 11 is 6.02. The van der Waals surface area contributed by atoms with E-state index in [4.69, 9.17) is 26.8 Å². The molecule has 0 aliphatic carbocycles. The summed E-state index contributed by atoms with van der Waals surface area (Å²) in [5.41, 5.74) is 5.61. The third-order valence-electron chi connectivity index (χ3n) is 3.45. The number of nitrogen functional groups attached to an aromatic ring is 1. The molecule has 0 spiro atoms. The molecule has 110 valence electrons. The zero-order chi connectivity index (χ0) is 15.1. The van der Waals surface area contributed by atoms with Gasteiger partial charge in [-0.2, -0.15) is 0 Å². The Morgan fingerprint density at radius 3 is 2.60 bits per heavy atom. The zero-order valence-corrected chi connectivity index (χ0v) is 13.0. The van der Waals surface area contributed by atoms with E-state index in [-0.39, 0.29) is 17.3 Å². The van der Waals surface area contributed by atoms with Crippen LogP contribution < -0.4 is 5.73 Å². The number of anilines is 1. The number of rotatable bonds is 2. The van der Waals surface area contributed by atoms with Gasteiger partial charge in [-0.3, -0.25) is 0 Å². The molecule has 5 heteroatoms. The molecule has 1 unspecified atom stereocenters. The summed E-state index contributed by atoms with van der Waals surface area (Å²) < 4.78 is 11.5. The smallest absolute Gasteiger partial charge is 0.340 e. The van der Waals surface area contributed by atoms with E-state index in [0.29, 0.717) is 17.1 Å². The SMILES string of the molecule is CC1(C)CC(OC(=O)c2cc(N)ccc2Cl)C(C)(C)O1. The monoisotopic (exact) mass is 297 g/mol. The minimum absolute atomic E-state index is 0.284. The molecule has 20 heavy (non-hydrogen) atoms. The van der Waals surface area contributed by atoms with Crippen molar-refractivity contribution in [3.63, 3.8) is 0 Å². The van der Waals surface area contributed by atoms with Crippen LogP contribution in [-0.2, 0) is 9.47 Å². The molecule has 1 aromatic rings. The second-order valence-corrected chi connectivity index (χ2v) is 6.71. The Morgan fingerprint density at radius 2 is 2.05 bits per heavy atom. The molecular weight excluding hydrogens is 278 g/mol. The van der Waals surface area contributed by atoms with Crippen molar-refractivity contribution in [2.24, 2.45) is 0 Å². The molecule has 0 aromatic heterocycles. The van der Waals surface area contributed by atoms with E-state index in [1.54, 1.807) is 12.1 Å². The van der Waals surface area contributed by atoms with Crippen LogP contribution in [-0.4, -0.2) is 23.3 Å². The summed E-state index contributed by atoms with van der Waals surface area (Å²) in [7, 11) is 0. The first-order valence-electron chi connectivity index (χ1n) is 6.57. The van der Waals surface area contributed by atoms with Gasteiger partial charge in [0.15, 0.2) is 0 Å². The maximum atomic E-state index is 12.3. The molecule has 0 bridgehead atoms. The highest BCUT2D eigenvalue weighted by atomic mass is 35.5. The molecule has 1 saturated heterocycles. The van der Waals surface area contributed by atoms with Crippen LogP contribution in [0.25, 0.3) is 0 Å². The third kappa shape index (κ3) is 3.07. The van der Waals surface area contributed by atoms with Crippen molar-refractivity contribution in [2.45, 2.75) is 51.4 Å². The van der Waals surface area contributed by atoms with E-state index in [1.807, 2.05) is 27.7 Å². The van der Waals surface area contributed by atoms with Gasteiger partial charge in [0.1, 0.15) is 11.7 Å². The quantitative estimate of drug-likeness (QED) is 0.671. The predicted molar refractivity (Wildman–Crippen MR) is 78.9 cm³/mol. The summed E-state index contributed by atoms with van der Waals surface area (Å²) in [6.07, 6.45) is 0.327. The van der Waals surface area contributed by atoms with E-state index in [2.05, 4.69) is 0 Å². The van der Waals surface area contributed by atoms with E-state index in [0.717, 1.165) is 0 Å². The van der Waals surface area contributed by atoms with E-state index in [1.165, 1.54) is 6.07 Å². The van der Waals surface area contributed by atoms with Crippen LogP contribution in [0.15, 0.2) is 18.2 Å². The van der Waals surface area contributed by atoms with E-state index >= 15 is 0 Å². The first-order chi connectivity index (χ1) is 9.11. The highest BCUT2D eigenvalue weighted by Gasteiger charge is 2.48. The number of hydrogen-bond donors (Lipinski definition) is 1. The highest BCUT2D eigenvalue weighted by Crippen LogP contribution is 2.39. The highest BCUT2D eigenvalue weighted by molar-refractivity contribution is 6.33. The first kappa shape index (κ1) is 15.1. The first-order valence-corrected chi connectivity index (χ1v) is 6.95. The molecule has 1 aliphatic heterocycles. The second-order valence-electron chi connectivity index (χ2n) is 6.30. The van der Waals surface area contributed by atoms with Crippen LogP contribution in [0.5, 0.6) is 0 Å². The van der Waals surface area contributed by atoms with Gasteiger partial charge < -0.3 is 15.2 Å². The maximum Gasteiger partial charge on any atom is 0.340 e. The molecule has 4 nitrogen and oxygen atoms in total. The topological polar surface area (TPSA) is 61.5 Å². The number of esters is 1. The van der Waals surface area contributed by atoms with Gasteiger partial charge in [0.05, 0.1) is 16.2 Å². The fourth-order valence-corrected chi connectivity index (χ4v) is 2.78. The Balaban J connectivity index is 2.18. The second kappa shape index (κ2) is 4.93. The molecule has 2 N–H and O–H groups in total. The van der Waals surface area contributed by atoms with Crippen LogP contribution in [0.3, 0.4) is 0 Å². The molecule has 2 rings (SSSR count). The summed E-state index contributed by atoms with van der Waals surface area (Å²) in [6, 6.07) is 4.76. The number of carbonyl (C=O) groups excluding carboxylic acids is 1. The minimum Gasteiger partial charge on any atom is -0.456 e. The Kier molecular flexibility index (Phi) is 3.73. The van der Waals surface area contributed by atoms with E-state index in [9.17, 15) is 4.79 Å². The van der Waals surface area contributed by atoms with Gasteiger partial charge in [0.25, 0.3) is 0 Å². The van der Waals surface area contributed by atoms with Gasteiger partial charge >= 0.3 is 5.97 Å². The number of carbonyl (C=O) groups is 1. The van der Waals surface area contributed by atoms with Crippen molar-refractivity contribution in [1.29, 1.82) is 0 Å². The molecule has 1 atom stereocenters. The normalized spacial score (nSPS) is 23.6. The van der Waals surface area contributed by atoms with Crippen LogP contribution in [0.2, 0.25) is 5.02 Å². The predicted octanol–water partition coefficient (Wildman–Crippen LogP) is 3.43. The summed E-state index contributed by atoms with van der Waals surface area (Å²) in [5.74, 6) is -0.471. The van der Waals surface area contributed by atoms with Crippen molar-refractivity contribution in [3.8, 4) is 0 Å². The molecule has 1 heterocycles. The largest absolute Gasteiger partial charge is 0.456 e. The van der Waals surface area contributed by atoms with Crippen molar-refractivity contribution in [1.82, 2.24) is 0 Å². The maximum absolute atomic E-state index is 12.3. The van der Waals surface area contributed by atoms with Gasteiger partial charge in [0, 0.05) is 12.1 Å². The Hall–Kier alpha value is -1.26. The van der Waals surface area contributed by atoms with Gasteiger partial charge in [0.2, 0.25) is 0 Å². The lowest BCUT2D eigenvalue weighted by atomic mass is 9.97. The fraction of sp³-hybridized carbons (Fsp3) is 0.533. The average Bonchev–Trinajstić information content (AvgIpc) is 2.50. The van der Waals surface area contributed by atoms with Crippen LogP contribution in [0, 0.1) is 0 Å². The number of hydrogen-bond acceptors (Lipinski definition) is 4. The molecule has 0 saturated carbocycles. The third-order valence-corrected chi connectivity index (χ3v) is 3.78. The summed E-state index contributed by atoms with van der Waals surface area (Å²) in [6.45, 7) is 7.80. The van der Waals surface area contributed by atoms with Crippen LogP contribution >= 0.6 is 11.6 Å². The lowest BCUT2D eigenvalue weighted by Crippen LogP contribution is -2.36. The zero-order valence-electron chi connectivity index (χ0n) is 12.2. The average molecular weight is 298 g/mol. The molecule has 1 aromatic carbocycles. The molecule has 0 amide bonds. The van der Waals surface area contributed by atoms with Crippen LogP contribution in [0.1, 0.15) is 44.5 Å². The van der Waals surface area contributed by atoms with Gasteiger partial charge in [-0.25, -0.2) is 4.79 Å². The summed E-state index contributed by atoms with van der Waals surface area (Å²) in [4.78, 5) is 12.3. The molecule has 0 radical (unpaired) electrons. The Labute approximate surface area is 124 Å². The standard InChI is InChI=1S/C15H20ClNO3/c1-14(2)8-12(15(3,4)20-14)19-13(18)10-7-9(17)5-6-11(10)16/h5-7,12H,8,17H2,1-4H3. The Morgan fingerprint density at radius 1 is 1.40 bits per heavy atom. The van der Waals surface area contributed by atoms with Gasteiger partial charge in [-0.15, -0.1) is 0 Å². The van der Waals surface area contributed by atoms with Crippen LogP contribution in [0.4, 0.5) is 5.69 Å². The summed E-state index contributed by atoms with van der Waals surface area (Å²) in [5, 5.41) is 0.334. The number of ether oxygens (including phenoxy) is 2. The lowest BCUT2D eigenvalue weighted by Gasteiger charge is -2.26. The van der Waals surface area contributed by atoms with Gasteiger partial charge in [-0.1, -0.05) is 11.6 Å².